The van der Waals surface area contributed by atoms with Crippen molar-refractivity contribution in [3.05, 3.63) is 59.4 Å². The molecule has 2 unspecified atom stereocenters. The number of aromatic nitrogens is 1. The second-order valence-corrected chi connectivity index (χ2v) is 12.3. The van der Waals surface area contributed by atoms with E-state index in [1.807, 2.05) is 30.3 Å². The van der Waals surface area contributed by atoms with Crippen molar-refractivity contribution in [3.63, 3.8) is 0 Å². The number of piperidine rings is 1. The van der Waals surface area contributed by atoms with E-state index in [0.29, 0.717) is 34.3 Å². The molecule has 9 heteroatoms. The van der Waals surface area contributed by atoms with Crippen molar-refractivity contribution < 1.29 is 14.2 Å². The van der Waals surface area contributed by atoms with Crippen molar-refractivity contribution in [1.82, 2.24) is 15.2 Å². The van der Waals surface area contributed by atoms with Gasteiger partial charge in [0.15, 0.2) is 0 Å². The van der Waals surface area contributed by atoms with E-state index >= 15 is 4.39 Å². The Hall–Kier alpha value is -4.44. The highest BCUT2D eigenvalue weighted by atomic mass is 19.1. The molecule has 2 bridgehead atoms. The molecule has 2 N–H and O–H groups in total. The number of fused-ring (bicyclic) bond motifs is 4. The topological polar surface area (TPSA) is 108 Å². The number of pyridine rings is 1. The molecule has 1 aromatic heterocycles. The summed E-state index contributed by atoms with van der Waals surface area (Å²) in [6, 6.07) is 17.6. The molecule has 4 heterocycles. The van der Waals surface area contributed by atoms with E-state index in [-0.39, 0.29) is 47.2 Å². The van der Waals surface area contributed by atoms with Crippen LogP contribution in [0, 0.1) is 28.5 Å². The molecule has 0 amide bonds. The summed E-state index contributed by atoms with van der Waals surface area (Å²) in [5, 5.41) is 36.6. The van der Waals surface area contributed by atoms with Gasteiger partial charge in [0.2, 0.25) is 5.88 Å². The fraction of sp³-hybridized carbons (Fsp3) is 0.400. The number of phenolic OH excluding ortho intramolecular Hbond substituents is 1. The number of hydrogen-bond donors (Lipinski definition) is 2. The summed E-state index contributed by atoms with van der Waals surface area (Å²) < 4.78 is 24.0. The smallest absolute Gasteiger partial charge is 0.234 e. The standard InChI is InChI=1S/C35H35FN6O2/c1-41-13-10-26(11-14-41)44-35-30(18-38)32-29(34(40-35)42-23-8-9-24(42)20-39-19-23)16-22(6-4-12-37)31(33(32)36)28-17-25(43)15-21-5-2-3-7-27(21)28/h2-3,5,7,15-17,23-24,26,39,43H,4,6,8-11,13-14,19-20H2,1H3. The van der Waals surface area contributed by atoms with Gasteiger partial charge in [-0.3, -0.25) is 0 Å². The highest BCUT2D eigenvalue weighted by Crippen LogP contribution is 2.45. The van der Waals surface area contributed by atoms with Gasteiger partial charge in [0.1, 0.15) is 35.1 Å². The van der Waals surface area contributed by atoms with Gasteiger partial charge in [-0.05, 0) is 79.3 Å². The number of halogens is 1. The number of nitriles is 2. The van der Waals surface area contributed by atoms with Gasteiger partial charge in [-0.25, -0.2) is 4.39 Å². The average Bonchev–Trinajstić information content (AvgIpc) is 3.27. The zero-order chi connectivity index (χ0) is 30.4. The molecule has 224 valence electrons. The Balaban J connectivity index is 1.52. The van der Waals surface area contributed by atoms with Crippen molar-refractivity contribution in [2.24, 2.45) is 0 Å². The van der Waals surface area contributed by atoms with E-state index in [1.165, 1.54) is 0 Å². The number of benzene rings is 3. The maximum absolute atomic E-state index is 17.5. The van der Waals surface area contributed by atoms with Crippen LogP contribution in [0.2, 0.25) is 0 Å². The summed E-state index contributed by atoms with van der Waals surface area (Å²) in [5.41, 5.74) is 1.54. The van der Waals surface area contributed by atoms with Gasteiger partial charge in [-0.2, -0.15) is 15.5 Å². The molecule has 0 spiro atoms. The number of nitrogens with zero attached hydrogens (tertiary/aromatic N) is 5. The number of rotatable bonds is 6. The lowest BCUT2D eigenvalue weighted by atomic mass is 9.88. The normalized spacial score (nSPS) is 20.6. The van der Waals surface area contributed by atoms with E-state index in [9.17, 15) is 15.6 Å². The monoisotopic (exact) mass is 590 g/mol. The molecule has 2 atom stereocenters. The Morgan fingerprint density at radius 1 is 1.05 bits per heavy atom. The second-order valence-electron chi connectivity index (χ2n) is 12.3. The van der Waals surface area contributed by atoms with Gasteiger partial charge >= 0.3 is 0 Å². The summed E-state index contributed by atoms with van der Waals surface area (Å²) in [6.45, 7) is 3.37. The maximum Gasteiger partial charge on any atom is 0.234 e. The molecular weight excluding hydrogens is 555 g/mol. The molecule has 3 aromatic carbocycles. The molecule has 3 fully saturated rings. The van der Waals surface area contributed by atoms with Crippen LogP contribution in [0.15, 0.2) is 42.5 Å². The first-order chi connectivity index (χ1) is 21.5. The van der Waals surface area contributed by atoms with Gasteiger partial charge in [0.05, 0.1) is 6.07 Å². The minimum Gasteiger partial charge on any atom is -0.508 e. The van der Waals surface area contributed by atoms with Crippen LogP contribution in [0.25, 0.3) is 32.7 Å². The minimum atomic E-state index is -0.554. The van der Waals surface area contributed by atoms with E-state index < -0.39 is 5.82 Å². The Bertz CT molecular complexity index is 1820. The lowest BCUT2D eigenvalue weighted by Crippen LogP contribution is -2.52. The molecule has 8 nitrogen and oxygen atoms in total. The molecule has 3 aliphatic heterocycles. The van der Waals surface area contributed by atoms with Crippen LogP contribution < -0.4 is 15.0 Å². The highest BCUT2D eigenvalue weighted by Gasteiger charge is 2.39. The van der Waals surface area contributed by atoms with Crippen LogP contribution in [-0.2, 0) is 6.42 Å². The molecule has 0 aliphatic carbocycles. The van der Waals surface area contributed by atoms with E-state index in [0.717, 1.165) is 62.6 Å². The molecule has 4 aromatic rings. The zero-order valence-corrected chi connectivity index (χ0v) is 24.8. The quantitative estimate of drug-likeness (QED) is 0.297. The number of phenols is 1. The fourth-order valence-corrected chi connectivity index (χ4v) is 7.39. The summed E-state index contributed by atoms with van der Waals surface area (Å²) in [5.74, 6) is 0.282. The Morgan fingerprint density at radius 3 is 2.52 bits per heavy atom. The van der Waals surface area contributed by atoms with E-state index in [1.54, 1.807) is 12.1 Å². The van der Waals surface area contributed by atoms with Crippen molar-refractivity contribution in [3.8, 4) is 34.9 Å². The van der Waals surface area contributed by atoms with E-state index in [2.05, 4.69) is 34.3 Å². The van der Waals surface area contributed by atoms with Crippen molar-refractivity contribution in [2.75, 3.05) is 38.1 Å². The van der Waals surface area contributed by atoms with Crippen LogP contribution in [0.4, 0.5) is 10.2 Å². The SMILES string of the molecule is CN1CCC(Oc2nc(N3C4CCC3CNC4)c3cc(CCC#N)c(-c4cc(O)cc5ccccc45)c(F)c3c2C#N)CC1. The molecule has 0 saturated carbocycles. The number of ether oxygens (including phenoxy) is 1. The molecule has 3 saturated heterocycles. The molecule has 44 heavy (non-hydrogen) atoms. The molecule has 0 radical (unpaired) electrons. The number of anilines is 1. The summed E-state index contributed by atoms with van der Waals surface area (Å²) in [4.78, 5) is 9.60. The lowest BCUT2D eigenvalue weighted by Gasteiger charge is -2.37. The number of hydrogen-bond acceptors (Lipinski definition) is 8. The van der Waals surface area contributed by atoms with Crippen LogP contribution in [-0.4, -0.2) is 66.4 Å². The van der Waals surface area contributed by atoms with Crippen LogP contribution in [0.5, 0.6) is 11.6 Å². The van der Waals surface area contributed by atoms with Crippen molar-refractivity contribution in [1.29, 1.82) is 10.5 Å². The third-order valence-electron chi connectivity index (χ3n) is 9.56. The van der Waals surface area contributed by atoms with Gasteiger partial charge < -0.3 is 25.0 Å². The molecular formula is C35H35FN6O2. The predicted molar refractivity (Wildman–Crippen MR) is 168 cm³/mol. The van der Waals surface area contributed by atoms with Gasteiger partial charge in [0, 0.05) is 61.0 Å². The van der Waals surface area contributed by atoms with Crippen molar-refractivity contribution >= 4 is 27.4 Å². The Kier molecular flexibility index (Phi) is 7.45. The first-order valence-corrected chi connectivity index (χ1v) is 15.5. The second kappa shape index (κ2) is 11.6. The minimum absolute atomic E-state index is 0.0176. The first-order valence-electron chi connectivity index (χ1n) is 15.5. The molecule has 3 aliphatic rings. The maximum atomic E-state index is 17.5. The number of likely N-dealkylation sites (tertiary alicyclic amines) is 1. The summed E-state index contributed by atoms with van der Waals surface area (Å²) in [7, 11) is 2.08. The van der Waals surface area contributed by atoms with Gasteiger partial charge in [-0.15, -0.1) is 0 Å². The lowest BCUT2D eigenvalue weighted by molar-refractivity contribution is 0.110. The summed E-state index contributed by atoms with van der Waals surface area (Å²) in [6.07, 6.45) is 3.98. The summed E-state index contributed by atoms with van der Waals surface area (Å²) >= 11 is 0. The highest BCUT2D eigenvalue weighted by molar-refractivity contribution is 6.05. The third kappa shape index (κ3) is 4.87. The number of nitrogens with one attached hydrogen (secondary N) is 1. The zero-order valence-electron chi connectivity index (χ0n) is 24.8. The van der Waals surface area contributed by atoms with Gasteiger partial charge in [-0.1, -0.05) is 24.3 Å². The van der Waals surface area contributed by atoms with E-state index in [4.69, 9.17) is 9.72 Å². The largest absolute Gasteiger partial charge is 0.508 e. The molecule has 7 rings (SSSR count). The van der Waals surface area contributed by atoms with Crippen LogP contribution in [0.3, 0.4) is 0 Å². The first kappa shape index (κ1) is 28.3. The number of aryl methyl sites for hydroxylation is 1. The number of aromatic hydroxyl groups is 1. The fourth-order valence-electron chi connectivity index (χ4n) is 7.39. The van der Waals surface area contributed by atoms with Crippen molar-refractivity contribution in [2.45, 2.75) is 56.7 Å². The average molecular weight is 591 g/mol. The third-order valence-corrected chi connectivity index (χ3v) is 9.56. The predicted octanol–water partition coefficient (Wildman–Crippen LogP) is 5.64. The van der Waals surface area contributed by atoms with Crippen LogP contribution in [0.1, 0.15) is 43.2 Å². The van der Waals surface area contributed by atoms with Gasteiger partial charge in [0.25, 0.3) is 0 Å². The Labute approximate surface area is 256 Å². The number of piperazine rings is 1. The van der Waals surface area contributed by atoms with Crippen LogP contribution >= 0.6 is 0 Å². The Morgan fingerprint density at radius 2 is 1.80 bits per heavy atom.